The first kappa shape index (κ1) is 21.7. The first-order valence-electron chi connectivity index (χ1n) is 10.9. The number of hydrogen-bond acceptors (Lipinski definition) is 7. The van der Waals surface area contributed by atoms with Gasteiger partial charge in [0.15, 0.2) is 5.78 Å². The van der Waals surface area contributed by atoms with Gasteiger partial charge in [0.25, 0.3) is 0 Å². The Morgan fingerprint density at radius 3 is 2.71 bits per heavy atom. The number of carbonyl (C=O) groups is 2. The Morgan fingerprint density at radius 1 is 1.29 bits per heavy atom. The van der Waals surface area contributed by atoms with Gasteiger partial charge in [-0.25, -0.2) is 4.79 Å². The number of ether oxygens (including phenoxy) is 3. The number of rotatable bonds is 5. The Kier molecular flexibility index (Phi) is 5.73. The number of carbonyl (C=O) groups excluding carboxylic acids is 2. The van der Waals surface area contributed by atoms with Crippen LogP contribution in [0.2, 0.25) is 0 Å². The molecule has 168 valence electrons. The molecule has 1 aromatic carbocycles. The van der Waals surface area contributed by atoms with Crippen molar-refractivity contribution in [1.82, 2.24) is 4.90 Å². The number of nitrogens with zero attached hydrogens (tertiary/aromatic N) is 2. The molecule has 4 rings (SSSR count). The molecule has 0 amide bonds. The third-order valence-corrected chi connectivity index (χ3v) is 7.68. The van der Waals surface area contributed by atoms with Crippen LogP contribution in [0.15, 0.2) is 30.0 Å². The fraction of sp³-hybridized carbons (Fsp3) is 0.583. The summed E-state index contributed by atoms with van der Waals surface area (Å²) in [5, 5.41) is 0. The first-order valence-corrected chi connectivity index (χ1v) is 10.9. The van der Waals surface area contributed by atoms with Crippen molar-refractivity contribution in [3.8, 4) is 5.75 Å². The third-order valence-electron chi connectivity index (χ3n) is 7.68. The van der Waals surface area contributed by atoms with Crippen LogP contribution in [0.4, 0.5) is 5.69 Å². The quantitative estimate of drug-likeness (QED) is 0.406. The van der Waals surface area contributed by atoms with Crippen LogP contribution in [0.3, 0.4) is 0 Å². The van der Waals surface area contributed by atoms with Crippen LogP contribution in [-0.4, -0.2) is 69.7 Å². The normalized spacial score (nSPS) is 30.4. The number of ketones is 1. The van der Waals surface area contributed by atoms with Crippen molar-refractivity contribution in [2.75, 3.05) is 46.4 Å². The van der Waals surface area contributed by atoms with Gasteiger partial charge >= 0.3 is 5.97 Å². The number of likely N-dealkylation sites (N-methyl/N-ethyl adjacent to an activating group) is 1. The number of esters is 1. The van der Waals surface area contributed by atoms with Crippen LogP contribution in [0.5, 0.6) is 5.75 Å². The molecule has 1 spiro atoms. The van der Waals surface area contributed by atoms with E-state index < -0.39 is 5.54 Å². The van der Waals surface area contributed by atoms with Crippen molar-refractivity contribution in [3.63, 3.8) is 0 Å². The number of Topliss-reactive ketones (excluding diaryl/α,β-unsaturated/α-hetero) is 1. The lowest BCUT2D eigenvalue weighted by atomic mass is 9.71. The lowest BCUT2D eigenvalue weighted by molar-refractivity contribution is -0.137. The van der Waals surface area contributed by atoms with E-state index in [0.29, 0.717) is 29.2 Å². The molecular formula is C24H32N2O5. The number of benzene rings is 1. The number of methoxy groups -OCH3 is 3. The zero-order valence-electron chi connectivity index (χ0n) is 19.0. The maximum absolute atomic E-state index is 13.9. The number of piperidine rings is 1. The number of hydrogen-bond donors (Lipinski definition) is 0. The van der Waals surface area contributed by atoms with Gasteiger partial charge < -0.3 is 19.1 Å². The molecule has 0 aromatic heterocycles. The lowest BCUT2D eigenvalue weighted by Gasteiger charge is -2.47. The van der Waals surface area contributed by atoms with Crippen molar-refractivity contribution in [2.45, 2.75) is 37.8 Å². The average molecular weight is 429 g/mol. The van der Waals surface area contributed by atoms with Gasteiger partial charge in [-0.3, -0.25) is 9.69 Å². The van der Waals surface area contributed by atoms with E-state index in [1.54, 1.807) is 14.2 Å². The lowest BCUT2D eigenvalue weighted by Crippen LogP contribution is -2.60. The maximum atomic E-state index is 13.9. The van der Waals surface area contributed by atoms with Gasteiger partial charge in [-0.2, -0.15) is 0 Å². The minimum absolute atomic E-state index is 0.000168. The van der Waals surface area contributed by atoms with Gasteiger partial charge in [0.05, 0.1) is 44.4 Å². The van der Waals surface area contributed by atoms with Crippen LogP contribution >= 0.6 is 0 Å². The van der Waals surface area contributed by atoms with Gasteiger partial charge in [0, 0.05) is 26.2 Å². The molecule has 2 saturated heterocycles. The molecule has 7 nitrogen and oxygen atoms in total. The predicted molar refractivity (Wildman–Crippen MR) is 117 cm³/mol. The summed E-state index contributed by atoms with van der Waals surface area (Å²) in [5.41, 5.74) is 1.49. The Balaban J connectivity index is 1.75. The minimum Gasteiger partial charge on any atom is -0.504 e. The molecule has 4 atom stereocenters. The summed E-state index contributed by atoms with van der Waals surface area (Å²) in [5.74, 6) is 0.657. The van der Waals surface area contributed by atoms with Crippen LogP contribution in [0.25, 0.3) is 0 Å². The summed E-state index contributed by atoms with van der Waals surface area (Å²) in [6.45, 7) is 3.86. The summed E-state index contributed by atoms with van der Waals surface area (Å²) in [4.78, 5) is 31.1. The van der Waals surface area contributed by atoms with Crippen molar-refractivity contribution in [2.24, 2.45) is 11.8 Å². The van der Waals surface area contributed by atoms with Crippen LogP contribution < -0.4 is 9.64 Å². The molecule has 0 saturated carbocycles. The van der Waals surface area contributed by atoms with E-state index in [1.807, 2.05) is 25.2 Å². The molecule has 2 fully saturated rings. The molecule has 0 bridgehead atoms. The largest absolute Gasteiger partial charge is 0.504 e. The topological polar surface area (TPSA) is 68.3 Å². The smallest absolute Gasteiger partial charge is 0.337 e. The van der Waals surface area contributed by atoms with Crippen LogP contribution in [-0.2, 0) is 14.3 Å². The fourth-order valence-corrected chi connectivity index (χ4v) is 6.13. The van der Waals surface area contributed by atoms with Crippen molar-refractivity contribution < 1.29 is 23.8 Å². The van der Waals surface area contributed by atoms with Gasteiger partial charge in [-0.15, -0.1) is 0 Å². The van der Waals surface area contributed by atoms with Gasteiger partial charge in [0.1, 0.15) is 11.3 Å². The molecule has 0 aliphatic carbocycles. The Hall–Kier alpha value is -2.54. The Labute approximate surface area is 183 Å². The average Bonchev–Trinajstić information content (AvgIpc) is 3.28. The molecule has 31 heavy (non-hydrogen) atoms. The zero-order valence-corrected chi connectivity index (χ0v) is 19.0. The van der Waals surface area contributed by atoms with E-state index in [-0.39, 0.29) is 23.7 Å². The summed E-state index contributed by atoms with van der Waals surface area (Å²) < 4.78 is 15.9. The number of fused-ring (bicyclic) bond motifs is 3. The fourth-order valence-electron chi connectivity index (χ4n) is 6.13. The predicted octanol–water partition coefficient (Wildman–Crippen LogP) is 2.89. The van der Waals surface area contributed by atoms with Crippen LogP contribution in [0, 0.1) is 11.8 Å². The van der Waals surface area contributed by atoms with E-state index in [1.165, 1.54) is 13.4 Å². The van der Waals surface area contributed by atoms with Gasteiger partial charge in [0.2, 0.25) is 0 Å². The molecule has 7 heteroatoms. The highest BCUT2D eigenvalue weighted by atomic mass is 16.5. The van der Waals surface area contributed by atoms with Gasteiger partial charge in [-0.05, 0) is 36.8 Å². The molecule has 0 radical (unpaired) electrons. The molecule has 3 heterocycles. The molecule has 3 aliphatic rings. The van der Waals surface area contributed by atoms with Crippen molar-refractivity contribution >= 4 is 17.4 Å². The highest BCUT2D eigenvalue weighted by Gasteiger charge is 2.62. The summed E-state index contributed by atoms with van der Waals surface area (Å²) in [6.07, 6.45) is 3.93. The van der Waals surface area contributed by atoms with Crippen LogP contribution in [0.1, 0.15) is 36.5 Å². The second-order valence-electron chi connectivity index (χ2n) is 8.74. The van der Waals surface area contributed by atoms with E-state index >= 15 is 0 Å². The van der Waals surface area contributed by atoms with E-state index in [0.717, 1.165) is 31.6 Å². The van der Waals surface area contributed by atoms with E-state index in [9.17, 15) is 9.59 Å². The SMILES string of the molecule is CC[C@@H]1CN2CC[C@@]3(C(=O)c4c(OC)cccc4N3C)C2C[C@@H]1C(=COC)C(=O)OC. The van der Waals surface area contributed by atoms with Crippen molar-refractivity contribution in [1.29, 1.82) is 0 Å². The van der Waals surface area contributed by atoms with E-state index in [4.69, 9.17) is 14.2 Å². The molecular weight excluding hydrogens is 396 g/mol. The number of anilines is 1. The molecule has 0 N–H and O–H groups in total. The second-order valence-corrected chi connectivity index (χ2v) is 8.74. The highest BCUT2D eigenvalue weighted by molar-refractivity contribution is 6.16. The Morgan fingerprint density at radius 2 is 2.06 bits per heavy atom. The Bertz CT molecular complexity index is 913. The third kappa shape index (κ3) is 3.04. The standard InChI is InChI=1S/C24H32N2O5/c1-6-15-13-26-11-10-24(20(26)12-16(15)17(14-29-3)23(28)31-5)22(27)21-18(25(24)2)8-7-9-19(21)30-4/h7-9,14-16,20H,6,10-13H2,1-5H3/t15-,16+,20?,24+/m1/s1. The maximum Gasteiger partial charge on any atom is 0.337 e. The molecule has 1 unspecified atom stereocenters. The monoisotopic (exact) mass is 428 g/mol. The van der Waals surface area contributed by atoms with Crippen molar-refractivity contribution in [3.05, 3.63) is 35.6 Å². The summed E-state index contributed by atoms with van der Waals surface area (Å²) >= 11 is 0. The molecule has 3 aliphatic heterocycles. The second kappa shape index (κ2) is 8.19. The summed E-state index contributed by atoms with van der Waals surface area (Å²) in [7, 11) is 6.57. The van der Waals surface area contributed by atoms with Gasteiger partial charge in [-0.1, -0.05) is 19.4 Å². The minimum atomic E-state index is -0.651. The molecule has 1 aromatic rings. The zero-order chi connectivity index (χ0) is 22.3. The highest BCUT2D eigenvalue weighted by Crippen LogP contribution is 2.53. The first-order chi connectivity index (χ1) is 14.9. The van der Waals surface area contributed by atoms with E-state index in [2.05, 4.69) is 16.7 Å². The summed E-state index contributed by atoms with van der Waals surface area (Å²) in [6, 6.07) is 5.78.